The van der Waals surface area contributed by atoms with E-state index in [0.717, 1.165) is 36.3 Å². The molecule has 3 aromatic rings. The van der Waals surface area contributed by atoms with Gasteiger partial charge >= 0.3 is 0 Å². The number of likely N-dealkylation sites (tertiary alicyclic amines) is 1. The summed E-state index contributed by atoms with van der Waals surface area (Å²) in [4.78, 5) is 23.4. The molecule has 1 N–H and O–H groups in total. The van der Waals surface area contributed by atoms with Gasteiger partial charge in [0.05, 0.1) is 11.6 Å². The quantitative estimate of drug-likeness (QED) is 0.784. The fourth-order valence-corrected chi connectivity index (χ4v) is 3.46. The molecule has 1 aliphatic rings. The minimum atomic E-state index is 0.0347. The van der Waals surface area contributed by atoms with Crippen LogP contribution in [0.3, 0.4) is 0 Å². The first kappa shape index (κ1) is 14.9. The van der Waals surface area contributed by atoms with Crippen molar-refractivity contribution >= 4 is 16.9 Å². The molecule has 24 heavy (non-hydrogen) atoms. The monoisotopic (exact) mass is 324 g/mol. The summed E-state index contributed by atoms with van der Waals surface area (Å²) in [5.41, 5.74) is 2.20. The molecule has 0 aliphatic carbocycles. The average molecular weight is 324 g/mol. The van der Waals surface area contributed by atoms with E-state index in [-0.39, 0.29) is 11.9 Å². The maximum Gasteiger partial charge on any atom is 0.255 e. The number of carbonyl (C=O) groups is 1. The van der Waals surface area contributed by atoms with Crippen molar-refractivity contribution in [3.05, 3.63) is 41.7 Å². The Labute approximate surface area is 139 Å². The molecule has 3 aromatic heterocycles. The molecule has 1 saturated heterocycles. The number of fused-ring (bicyclic) bond motifs is 1. The van der Waals surface area contributed by atoms with Crippen molar-refractivity contribution in [3.8, 4) is 0 Å². The topological polar surface area (TPSA) is 79.7 Å². The van der Waals surface area contributed by atoms with Crippen molar-refractivity contribution in [2.24, 2.45) is 0 Å². The number of nitrogens with one attached hydrogen (secondary N) is 1. The second-order valence-electron chi connectivity index (χ2n) is 6.37. The minimum Gasteiger partial charge on any atom is -0.337 e. The first-order valence-electron chi connectivity index (χ1n) is 8.23. The van der Waals surface area contributed by atoms with Gasteiger partial charge in [0.2, 0.25) is 0 Å². The van der Waals surface area contributed by atoms with Crippen molar-refractivity contribution in [1.29, 1.82) is 0 Å². The predicted octanol–water partition coefficient (Wildman–Crippen LogP) is 2.25. The number of amides is 1. The van der Waals surface area contributed by atoms with Crippen LogP contribution in [0.15, 0.2) is 24.7 Å². The van der Waals surface area contributed by atoms with Crippen LogP contribution in [-0.4, -0.2) is 48.6 Å². The lowest BCUT2D eigenvalue weighted by atomic mass is 10.0. The van der Waals surface area contributed by atoms with Crippen LogP contribution < -0.4 is 0 Å². The zero-order valence-electron chi connectivity index (χ0n) is 13.9. The number of carbonyl (C=O) groups excluding carboxylic acids is 1. The van der Waals surface area contributed by atoms with Gasteiger partial charge in [-0.25, -0.2) is 9.97 Å². The van der Waals surface area contributed by atoms with Gasteiger partial charge in [-0.3, -0.25) is 9.89 Å². The van der Waals surface area contributed by atoms with Crippen molar-refractivity contribution in [2.45, 2.75) is 32.7 Å². The SMILES string of the molecule is Cc1[nH]nc2ncc(C(=O)N3CCCC(n4ccnc4C)C3)cc12. The molecule has 1 atom stereocenters. The van der Waals surface area contributed by atoms with Gasteiger partial charge in [-0.2, -0.15) is 5.10 Å². The molecule has 0 spiro atoms. The van der Waals surface area contributed by atoms with Crippen LogP contribution in [0.25, 0.3) is 11.0 Å². The van der Waals surface area contributed by atoms with E-state index in [1.807, 2.05) is 37.2 Å². The average Bonchev–Trinajstić information content (AvgIpc) is 3.20. The number of aromatic amines is 1. The summed E-state index contributed by atoms with van der Waals surface area (Å²) >= 11 is 0. The van der Waals surface area contributed by atoms with E-state index < -0.39 is 0 Å². The molecule has 0 radical (unpaired) electrons. The Balaban J connectivity index is 1.58. The molecule has 124 valence electrons. The van der Waals surface area contributed by atoms with Crippen LogP contribution in [0.5, 0.6) is 0 Å². The highest BCUT2D eigenvalue weighted by Gasteiger charge is 2.26. The molecule has 1 amide bonds. The summed E-state index contributed by atoms with van der Waals surface area (Å²) < 4.78 is 2.17. The number of piperidine rings is 1. The van der Waals surface area contributed by atoms with E-state index in [2.05, 4.69) is 24.7 Å². The number of H-pyrrole nitrogens is 1. The third-order valence-electron chi connectivity index (χ3n) is 4.79. The third kappa shape index (κ3) is 2.46. The molecule has 0 saturated carbocycles. The van der Waals surface area contributed by atoms with Crippen molar-refractivity contribution < 1.29 is 4.79 Å². The molecular weight excluding hydrogens is 304 g/mol. The van der Waals surface area contributed by atoms with Gasteiger partial charge < -0.3 is 9.47 Å². The fourth-order valence-electron chi connectivity index (χ4n) is 3.46. The zero-order valence-corrected chi connectivity index (χ0v) is 13.9. The predicted molar refractivity (Wildman–Crippen MR) is 89.8 cm³/mol. The normalized spacial score (nSPS) is 18.2. The van der Waals surface area contributed by atoms with Gasteiger partial charge in [0, 0.05) is 42.8 Å². The van der Waals surface area contributed by atoms with Crippen molar-refractivity contribution in [1.82, 2.24) is 29.6 Å². The molecule has 1 aliphatic heterocycles. The van der Waals surface area contributed by atoms with Crippen molar-refractivity contribution in [2.75, 3.05) is 13.1 Å². The Morgan fingerprint density at radius 2 is 2.21 bits per heavy atom. The highest BCUT2D eigenvalue weighted by molar-refractivity contribution is 5.97. The molecule has 1 fully saturated rings. The van der Waals surface area contributed by atoms with Crippen LogP contribution in [0.2, 0.25) is 0 Å². The summed E-state index contributed by atoms with van der Waals surface area (Å²) in [7, 11) is 0. The van der Waals surface area contributed by atoms with Crippen LogP contribution in [0, 0.1) is 13.8 Å². The highest BCUT2D eigenvalue weighted by atomic mass is 16.2. The van der Waals surface area contributed by atoms with E-state index in [4.69, 9.17) is 0 Å². The van der Waals surface area contributed by atoms with E-state index in [0.29, 0.717) is 17.8 Å². The Kier molecular flexibility index (Phi) is 3.55. The molecule has 1 unspecified atom stereocenters. The largest absolute Gasteiger partial charge is 0.337 e. The maximum absolute atomic E-state index is 12.9. The number of pyridine rings is 1. The number of aromatic nitrogens is 5. The van der Waals surface area contributed by atoms with Gasteiger partial charge in [-0.05, 0) is 32.8 Å². The highest BCUT2D eigenvalue weighted by Crippen LogP contribution is 2.24. The van der Waals surface area contributed by atoms with E-state index in [1.165, 1.54) is 0 Å². The Hall–Kier alpha value is -2.70. The molecule has 0 bridgehead atoms. The van der Waals surface area contributed by atoms with E-state index in [9.17, 15) is 4.79 Å². The zero-order chi connectivity index (χ0) is 16.7. The summed E-state index contributed by atoms with van der Waals surface area (Å²) in [6.07, 6.45) is 7.50. The number of imidazole rings is 1. The van der Waals surface area contributed by atoms with Crippen LogP contribution in [0.4, 0.5) is 0 Å². The second kappa shape index (κ2) is 5.74. The first-order chi connectivity index (χ1) is 11.6. The molecule has 7 nitrogen and oxygen atoms in total. The molecule has 0 aromatic carbocycles. The van der Waals surface area contributed by atoms with Crippen LogP contribution in [-0.2, 0) is 0 Å². The smallest absolute Gasteiger partial charge is 0.255 e. The lowest BCUT2D eigenvalue weighted by molar-refractivity contribution is 0.0678. The minimum absolute atomic E-state index is 0.0347. The van der Waals surface area contributed by atoms with Gasteiger partial charge in [0.15, 0.2) is 5.65 Å². The van der Waals surface area contributed by atoms with Crippen LogP contribution in [0.1, 0.15) is 40.8 Å². The van der Waals surface area contributed by atoms with E-state index >= 15 is 0 Å². The summed E-state index contributed by atoms with van der Waals surface area (Å²) in [5, 5.41) is 7.92. The van der Waals surface area contributed by atoms with Crippen LogP contribution >= 0.6 is 0 Å². The summed E-state index contributed by atoms with van der Waals surface area (Å²) in [6.45, 7) is 5.42. The van der Waals surface area contributed by atoms with E-state index in [1.54, 1.807) is 6.20 Å². The Bertz CT molecular complexity index is 896. The van der Waals surface area contributed by atoms with Gasteiger partial charge in [-0.15, -0.1) is 0 Å². The van der Waals surface area contributed by atoms with Gasteiger partial charge in [0.1, 0.15) is 5.82 Å². The van der Waals surface area contributed by atoms with Crippen molar-refractivity contribution in [3.63, 3.8) is 0 Å². The standard InChI is InChI=1S/C17H20N6O/c1-11-15-8-13(9-19-16(15)21-20-11)17(24)22-6-3-4-14(10-22)23-7-5-18-12(23)2/h5,7-9,14H,3-4,6,10H2,1-2H3,(H,19,20,21). The lowest BCUT2D eigenvalue weighted by Gasteiger charge is -2.34. The number of rotatable bonds is 2. The molecule has 4 heterocycles. The summed E-state index contributed by atoms with van der Waals surface area (Å²) in [5.74, 6) is 1.03. The Morgan fingerprint density at radius 1 is 1.33 bits per heavy atom. The molecule has 4 rings (SSSR count). The second-order valence-corrected chi connectivity index (χ2v) is 6.37. The Morgan fingerprint density at radius 3 is 3.00 bits per heavy atom. The van der Waals surface area contributed by atoms with Gasteiger partial charge in [0.25, 0.3) is 5.91 Å². The van der Waals surface area contributed by atoms with Gasteiger partial charge in [-0.1, -0.05) is 0 Å². The lowest BCUT2D eigenvalue weighted by Crippen LogP contribution is -2.40. The molecule has 7 heteroatoms. The number of hydrogen-bond acceptors (Lipinski definition) is 4. The molecular formula is C17H20N6O. The summed E-state index contributed by atoms with van der Waals surface area (Å²) in [6, 6.07) is 2.17. The number of nitrogens with zero attached hydrogens (tertiary/aromatic N) is 5. The fraction of sp³-hybridized carbons (Fsp3) is 0.412. The first-order valence-corrected chi connectivity index (χ1v) is 8.23. The number of aryl methyl sites for hydroxylation is 2. The number of hydrogen-bond donors (Lipinski definition) is 1. The third-order valence-corrected chi connectivity index (χ3v) is 4.79. The maximum atomic E-state index is 12.9.